The third kappa shape index (κ3) is 2.74. The first kappa shape index (κ1) is 20.1. The van der Waals surface area contributed by atoms with Crippen LogP contribution in [-0.2, 0) is 0 Å². The van der Waals surface area contributed by atoms with E-state index in [1.54, 1.807) is 0 Å². The molecule has 0 spiro atoms. The van der Waals surface area contributed by atoms with E-state index >= 15 is 0 Å². The molecule has 0 unspecified atom stereocenters. The van der Waals surface area contributed by atoms with Crippen molar-refractivity contribution in [2.75, 3.05) is 0 Å². The zero-order valence-corrected chi connectivity index (χ0v) is 19.8. The fourth-order valence-corrected chi connectivity index (χ4v) is 5.65. The fourth-order valence-electron chi connectivity index (χ4n) is 5.65. The first-order chi connectivity index (χ1) is 18.8. The number of rotatable bonds is 0. The van der Waals surface area contributed by atoms with Crippen molar-refractivity contribution in [2.45, 2.75) is 0 Å². The molecule has 38 heavy (non-hydrogen) atoms. The van der Waals surface area contributed by atoms with Gasteiger partial charge in [-0.1, -0.05) is 42.5 Å². The van der Waals surface area contributed by atoms with Crippen LogP contribution in [0.4, 0.5) is 0 Å². The van der Waals surface area contributed by atoms with Gasteiger partial charge in [-0.3, -0.25) is 0 Å². The Hall–Kier alpha value is -4.97. The highest BCUT2D eigenvalue weighted by Crippen LogP contribution is 2.41. The van der Waals surface area contributed by atoms with Gasteiger partial charge in [-0.2, -0.15) is 0 Å². The molecule has 0 aromatic heterocycles. The van der Waals surface area contributed by atoms with Crippen molar-refractivity contribution < 1.29 is 28.3 Å². The van der Waals surface area contributed by atoms with E-state index in [0.29, 0.717) is 57.5 Å². The molecule has 4 heterocycles. The SMILES string of the molecule is c1ccc2c(c1)OB1c3cc4c(cc3Oc3cccc(c31)O2)Oc1cccc2c1B4Oc1ccccc1O2. The summed E-state index contributed by atoms with van der Waals surface area (Å²) in [4.78, 5) is 0. The fraction of sp³-hybridized carbons (Fsp3) is 0. The Bertz CT molecular complexity index is 1690. The van der Waals surface area contributed by atoms with Crippen molar-refractivity contribution >= 4 is 35.7 Å². The number of ether oxygens (including phenoxy) is 4. The smallest absolute Gasteiger partial charge is 0.437 e. The van der Waals surface area contributed by atoms with Crippen LogP contribution in [0.15, 0.2) is 97.1 Å². The van der Waals surface area contributed by atoms with Gasteiger partial charge in [0.2, 0.25) is 0 Å². The van der Waals surface area contributed by atoms with Crippen LogP contribution >= 0.6 is 0 Å². The molecule has 0 N–H and O–H groups in total. The van der Waals surface area contributed by atoms with Crippen LogP contribution in [0.1, 0.15) is 0 Å². The molecule has 0 saturated heterocycles. The monoisotopic (exact) mass is 494 g/mol. The summed E-state index contributed by atoms with van der Waals surface area (Å²) in [5.41, 5.74) is 3.44. The molecule has 5 aromatic rings. The zero-order chi connectivity index (χ0) is 24.8. The Balaban J connectivity index is 1.26. The van der Waals surface area contributed by atoms with Gasteiger partial charge in [0.25, 0.3) is 0 Å². The lowest BCUT2D eigenvalue weighted by molar-refractivity contribution is 0.455. The van der Waals surface area contributed by atoms with Crippen molar-refractivity contribution in [3.05, 3.63) is 97.1 Å². The molecule has 4 aliphatic rings. The topological polar surface area (TPSA) is 55.4 Å². The lowest BCUT2D eigenvalue weighted by Crippen LogP contribution is -2.56. The Morgan fingerprint density at radius 1 is 0.342 bits per heavy atom. The van der Waals surface area contributed by atoms with E-state index in [-0.39, 0.29) is 0 Å². The highest BCUT2D eigenvalue weighted by atomic mass is 16.5. The van der Waals surface area contributed by atoms with Gasteiger partial charge in [0.05, 0.1) is 10.9 Å². The molecule has 0 fully saturated rings. The summed E-state index contributed by atoms with van der Waals surface area (Å²) in [6, 6.07) is 31.0. The van der Waals surface area contributed by atoms with Crippen molar-refractivity contribution in [3.63, 3.8) is 0 Å². The molecule has 0 aliphatic carbocycles. The molecule has 0 bridgehead atoms. The number of fused-ring (bicyclic) bond motifs is 6. The van der Waals surface area contributed by atoms with Gasteiger partial charge in [-0.05, 0) is 48.5 Å². The van der Waals surface area contributed by atoms with E-state index in [0.717, 1.165) is 21.9 Å². The maximum absolute atomic E-state index is 6.63. The van der Waals surface area contributed by atoms with Crippen LogP contribution in [0.25, 0.3) is 0 Å². The predicted octanol–water partition coefficient (Wildman–Crippen LogP) is 4.48. The quantitative estimate of drug-likeness (QED) is 0.296. The lowest BCUT2D eigenvalue weighted by Gasteiger charge is -2.30. The summed E-state index contributed by atoms with van der Waals surface area (Å²) >= 11 is 0. The maximum Gasteiger partial charge on any atom is 0.437 e. The van der Waals surface area contributed by atoms with E-state index in [1.807, 2.05) is 91.0 Å². The summed E-state index contributed by atoms with van der Waals surface area (Å²) in [6.45, 7) is -0.880. The first-order valence-electron chi connectivity index (χ1n) is 12.5. The van der Waals surface area contributed by atoms with Crippen LogP contribution in [-0.4, -0.2) is 13.8 Å². The summed E-state index contributed by atoms with van der Waals surface area (Å²) in [5, 5.41) is 0. The number of para-hydroxylation sites is 4. The van der Waals surface area contributed by atoms with E-state index in [2.05, 4.69) is 6.07 Å². The van der Waals surface area contributed by atoms with Crippen LogP contribution in [0.3, 0.4) is 0 Å². The van der Waals surface area contributed by atoms with Crippen molar-refractivity contribution in [1.29, 1.82) is 0 Å². The van der Waals surface area contributed by atoms with Gasteiger partial charge in [0.15, 0.2) is 11.5 Å². The van der Waals surface area contributed by atoms with Crippen molar-refractivity contribution in [3.8, 4) is 57.5 Å². The minimum atomic E-state index is -0.440. The maximum atomic E-state index is 6.63. The van der Waals surface area contributed by atoms with Gasteiger partial charge in [0.1, 0.15) is 46.0 Å². The standard InChI is InChI=1S/C30H16B2O6/c1-3-9-21-19(7-1)33-23-11-5-13-25-29(23)31(37-21)17-15-18-28(16-27(17)35-25)36-26-14-6-12-24-30(26)32(18)38-22-10-4-2-8-20(22)34-24/h1-16H. The molecule has 9 rings (SSSR count). The van der Waals surface area contributed by atoms with Crippen molar-refractivity contribution in [1.82, 2.24) is 0 Å². The molecule has 0 radical (unpaired) electrons. The Morgan fingerprint density at radius 3 is 1.16 bits per heavy atom. The summed E-state index contributed by atoms with van der Waals surface area (Å²) in [6.07, 6.45) is 0. The zero-order valence-electron chi connectivity index (χ0n) is 19.8. The van der Waals surface area contributed by atoms with E-state index in [4.69, 9.17) is 28.3 Å². The molecule has 0 amide bonds. The third-order valence-electron chi connectivity index (χ3n) is 7.35. The van der Waals surface area contributed by atoms with Gasteiger partial charge in [-0.15, -0.1) is 0 Å². The van der Waals surface area contributed by atoms with Crippen LogP contribution in [0.2, 0.25) is 0 Å². The molecule has 0 atom stereocenters. The summed E-state index contributed by atoms with van der Waals surface area (Å²) < 4.78 is 38.6. The van der Waals surface area contributed by atoms with Crippen LogP contribution in [0, 0.1) is 0 Å². The van der Waals surface area contributed by atoms with Gasteiger partial charge < -0.3 is 28.3 Å². The second kappa shape index (κ2) is 7.29. The van der Waals surface area contributed by atoms with Crippen LogP contribution < -0.4 is 50.1 Å². The highest BCUT2D eigenvalue weighted by molar-refractivity contribution is 6.86. The lowest BCUT2D eigenvalue weighted by atomic mass is 9.48. The predicted molar refractivity (Wildman–Crippen MR) is 144 cm³/mol. The molecular formula is C30H16B2O6. The molecule has 6 nitrogen and oxygen atoms in total. The number of hydrogen-bond acceptors (Lipinski definition) is 6. The third-order valence-corrected chi connectivity index (χ3v) is 7.35. The molecular weight excluding hydrogens is 478 g/mol. The minimum absolute atomic E-state index is 0.440. The highest BCUT2D eigenvalue weighted by Gasteiger charge is 2.45. The first-order valence-corrected chi connectivity index (χ1v) is 12.5. The average Bonchev–Trinajstić information content (AvgIpc) is 3.22. The van der Waals surface area contributed by atoms with Gasteiger partial charge in [0, 0.05) is 17.0 Å². The van der Waals surface area contributed by atoms with E-state index < -0.39 is 13.8 Å². The number of benzene rings is 5. The van der Waals surface area contributed by atoms with E-state index in [9.17, 15) is 0 Å². The van der Waals surface area contributed by atoms with Crippen LogP contribution in [0.5, 0.6) is 57.5 Å². The normalized spacial score (nSPS) is 14.4. The Morgan fingerprint density at radius 2 is 0.711 bits per heavy atom. The number of hydrogen-bond donors (Lipinski definition) is 0. The average molecular weight is 494 g/mol. The molecule has 178 valence electrons. The van der Waals surface area contributed by atoms with Crippen molar-refractivity contribution in [2.24, 2.45) is 0 Å². The molecule has 4 aliphatic heterocycles. The molecule has 0 saturated carbocycles. The Labute approximate surface area is 218 Å². The second-order valence-corrected chi connectivity index (χ2v) is 9.56. The minimum Gasteiger partial charge on any atom is -0.549 e. The summed E-state index contributed by atoms with van der Waals surface area (Å²) in [5.74, 6) is 6.80. The largest absolute Gasteiger partial charge is 0.549 e. The molecule has 8 heteroatoms. The Kier molecular flexibility index (Phi) is 3.86. The van der Waals surface area contributed by atoms with Gasteiger partial charge in [-0.25, -0.2) is 0 Å². The van der Waals surface area contributed by atoms with E-state index in [1.165, 1.54) is 0 Å². The summed E-state index contributed by atoms with van der Waals surface area (Å²) in [7, 11) is 0. The molecule has 5 aromatic carbocycles. The second-order valence-electron chi connectivity index (χ2n) is 9.56. The van der Waals surface area contributed by atoms with Gasteiger partial charge >= 0.3 is 13.8 Å².